The molecule has 0 aromatic carbocycles. The van der Waals surface area contributed by atoms with Crippen LogP contribution in [0.2, 0.25) is 0 Å². The zero-order valence-electron chi connectivity index (χ0n) is 15.6. The molecule has 1 atom stereocenters. The topological polar surface area (TPSA) is 52.0 Å². The summed E-state index contributed by atoms with van der Waals surface area (Å²) < 4.78 is 14.9. The summed E-state index contributed by atoms with van der Waals surface area (Å²) in [4.78, 5) is 13.5. The van der Waals surface area contributed by atoms with E-state index >= 15 is 0 Å². The molecule has 0 bridgehead atoms. The number of carbonyl (C=O) groups excluding carboxylic acids is 1. The molecule has 23 heavy (non-hydrogen) atoms. The Bertz CT molecular complexity index is 705. The third-order valence-corrected chi connectivity index (χ3v) is 5.78. The fourth-order valence-corrected chi connectivity index (χ4v) is 3.66. The average Bonchev–Trinajstić information content (AvgIpc) is 2.88. The quantitative estimate of drug-likeness (QED) is 0.624. The van der Waals surface area contributed by atoms with Crippen molar-refractivity contribution in [2.24, 2.45) is 10.8 Å². The monoisotopic (exact) mass is 338 g/mol. The zero-order chi connectivity index (χ0) is 18.1. The smallest absolute Gasteiger partial charge is 0.178 e. The van der Waals surface area contributed by atoms with E-state index in [0.29, 0.717) is 16.3 Å². The van der Waals surface area contributed by atoms with E-state index in [-0.39, 0.29) is 11.2 Å². The van der Waals surface area contributed by atoms with Crippen LogP contribution in [0.5, 0.6) is 0 Å². The van der Waals surface area contributed by atoms with Gasteiger partial charge in [0, 0.05) is 29.8 Å². The minimum absolute atomic E-state index is 0.0853. The van der Waals surface area contributed by atoms with E-state index in [1.54, 1.807) is 29.4 Å². The minimum atomic E-state index is -2.45. The Labute approximate surface area is 141 Å². The molecule has 0 aliphatic heterocycles. The van der Waals surface area contributed by atoms with Gasteiger partial charge in [0.2, 0.25) is 0 Å². The zero-order valence-corrected chi connectivity index (χ0v) is 16.5. The van der Waals surface area contributed by atoms with Gasteiger partial charge in [0.1, 0.15) is 0 Å². The van der Waals surface area contributed by atoms with Gasteiger partial charge in [-0.1, -0.05) is 54.5 Å². The highest BCUT2D eigenvalue weighted by Crippen LogP contribution is 2.26. The Kier molecular flexibility index (Phi) is 5.68. The van der Waals surface area contributed by atoms with Crippen molar-refractivity contribution in [3.05, 3.63) is 24.5 Å². The first kappa shape index (κ1) is 19.7. The van der Waals surface area contributed by atoms with Crippen LogP contribution < -0.4 is 0 Å². The number of ketones is 1. The second kappa shape index (κ2) is 6.63. The van der Waals surface area contributed by atoms with E-state index in [9.17, 15) is 9.00 Å². The van der Waals surface area contributed by atoms with Crippen molar-refractivity contribution in [3.8, 4) is 0 Å². The standard InChI is InChI=1S/C18H30N2O2S/c1-9-23(8,22)15(16(21)18(5,6)7)14(13-17(2,3)4)20-12-10-11-19-20/h10-13H,9H2,1-8H3/b14-13+. The molecule has 5 heteroatoms. The maximum Gasteiger partial charge on any atom is 0.178 e. The van der Waals surface area contributed by atoms with Crippen molar-refractivity contribution in [1.82, 2.24) is 9.78 Å². The Balaban J connectivity index is 3.82. The first-order chi connectivity index (χ1) is 10.3. The molecule has 4 nitrogen and oxygen atoms in total. The second-order valence-corrected chi connectivity index (χ2v) is 11.0. The highest BCUT2D eigenvalue weighted by molar-refractivity contribution is 8.03. The Morgan fingerprint density at radius 3 is 2.13 bits per heavy atom. The normalized spacial score (nSPS) is 16.1. The molecule has 0 spiro atoms. The van der Waals surface area contributed by atoms with Crippen molar-refractivity contribution in [2.45, 2.75) is 48.5 Å². The van der Waals surface area contributed by atoms with E-state index in [0.717, 1.165) is 0 Å². The summed E-state index contributed by atoms with van der Waals surface area (Å²) in [6, 6.07) is 1.80. The minimum Gasteiger partial charge on any atom is -0.293 e. The molecule has 0 radical (unpaired) electrons. The van der Waals surface area contributed by atoms with Crippen LogP contribution in [0, 0.1) is 10.8 Å². The third-order valence-electron chi connectivity index (χ3n) is 3.42. The van der Waals surface area contributed by atoms with Crippen molar-refractivity contribution in [2.75, 3.05) is 12.0 Å². The molecular formula is C18H30N2O2S. The van der Waals surface area contributed by atoms with E-state index in [1.807, 2.05) is 33.8 Å². The van der Waals surface area contributed by atoms with Gasteiger partial charge < -0.3 is 0 Å². The number of hydrogen-bond donors (Lipinski definition) is 0. The summed E-state index contributed by atoms with van der Waals surface area (Å²) in [5.41, 5.74) is -0.141. The van der Waals surface area contributed by atoms with Crippen LogP contribution in [0.25, 0.3) is 5.70 Å². The van der Waals surface area contributed by atoms with Crippen LogP contribution in [-0.4, -0.2) is 36.6 Å². The first-order valence-electron chi connectivity index (χ1n) is 7.91. The fraction of sp³-hybridized carbons (Fsp3) is 0.611. The summed E-state index contributed by atoms with van der Waals surface area (Å²) in [5, 5.41) is 4.28. The Morgan fingerprint density at radius 2 is 1.78 bits per heavy atom. The number of hydrogen-bond acceptors (Lipinski definition) is 3. The maximum atomic E-state index is 13.2. The highest BCUT2D eigenvalue weighted by atomic mass is 32.2. The van der Waals surface area contributed by atoms with Gasteiger partial charge in [0.05, 0.1) is 10.6 Å². The molecule has 0 N–H and O–H groups in total. The molecule has 130 valence electrons. The molecule has 0 saturated carbocycles. The number of rotatable bonds is 4. The van der Waals surface area contributed by atoms with Crippen molar-refractivity contribution in [3.63, 3.8) is 0 Å². The van der Waals surface area contributed by atoms with Crippen LogP contribution >= 0.6 is 0 Å². The summed E-state index contributed by atoms with van der Waals surface area (Å²) in [5.74, 6) is 0.338. The molecule has 0 aliphatic rings. The number of nitrogens with zero attached hydrogens (tertiary/aromatic N) is 2. The molecule has 0 fully saturated rings. The predicted octanol–water partition coefficient (Wildman–Crippen LogP) is 3.49. The van der Waals surface area contributed by atoms with Gasteiger partial charge in [-0.2, -0.15) is 5.10 Å². The SMILES string of the molecule is CCS(C)(=O)=C(C(=O)C(C)(C)C)/C(=C\C(C)(C)C)n1cccn1. The molecule has 1 rings (SSSR count). The maximum absolute atomic E-state index is 13.2. The van der Waals surface area contributed by atoms with E-state index in [2.05, 4.69) is 25.9 Å². The van der Waals surface area contributed by atoms with Gasteiger partial charge in [0.25, 0.3) is 0 Å². The molecule has 1 unspecified atom stereocenters. The van der Waals surface area contributed by atoms with Crippen molar-refractivity contribution < 1.29 is 9.00 Å². The molecule has 1 aromatic rings. The fourth-order valence-electron chi connectivity index (χ4n) is 2.08. The largest absolute Gasteiger partial charge is 0.293 e. The number of carbonyl (C=O) groups is 1. The lowest BCUT2D eigenvalue weighted by molar-refractivity contribution is -0.119. The van der Waals surface area contributed by atoms with Gasteiger partial charge in [-0.15, -0.1) is 0 Å². The molecular weight excluding hydrogens is 308 g/mol. The number of aromatic nitrogens is 2. The lowest BCUT2D eigenvalue weighted by Gasteiger charge is -2.25. The second-order valence-electron chi connectivity index (χ2n) is 8.05. The van der Waals surface area contributed by atoms with Crippen LogP contribution in [-0.2, 0) is 14.3 Å². The van der Waals surface area contributed by atoms with Crippen LogP contribution in [0.3, 0.4) is 0 Å². The van der Waals surface area contributed by atoms with Gasteiger partial charge >= 0.3 is 0 Å². The summed E-state index contributed by atoms with van der Waals surface area (Å²) in [6.45, 7) is 13.6. The molecule has 1 aromatic heterocycles. The van der Waals surface area contributed by atoms with Gasteiger partial charge in [-0.05, 0) is 21.0 Å². The van der Waals surface area contributed by atoms with Crippen LogP contribution in [0.1, 0.15) is 48.5 Å². The Morgan fingerprint density at radius 1 is 1.22 bits per heavy atom. The van der Waals surface area contributed by atoms with E-state index in [1.165, 1.54) is 0 Å². The average molecular weight is 339 g/mol. The van der Waals surface area contributed by atoms with Crippen LogP contribution in [0.4, 0.5) is 0 Å². The predicted molar refractivity (Wildman–Crippen MR) is 100 cm³/mol. The van der Waals surface area contributed by atoms with E-state index < -0.39 is 14.9 Å². The van der Waals surface area contributed by atoms with Crippen molar-refractivity contribution in [1.29, 1.82) is 0 Å². The molecule has 0 saturated heterocycles. The highest BCUT2D eigenvalue weighted by Gasteiger charge is 2.32. The van der Waals surface area contributed by atoms with E-state index in [4.69, 9.17) is 0 Å². The van der Waals surface area contributed by atoms with Gasteiger partial charge in [-0.25, -0.2) is 4.68 Å². The lowest BCUT2D eigenvalue weighted by atomic mass is 9.86. The van der Waals surface area contributed by atoms with Gasteiger partial charge in [-0.3, -0.25) is 9.00 Å². The first-order valence-corrected chi connectivity index (χ1v) is 10.0. The Hall–Kier alpha value is -1.36. The number of Topliss-reactive ketones (excluding diaryl/α,β-unsaturated/α-hetero) is 1. The molecule has 0 amide bonds. The van der Waals surface area contributed by atoms with Crippen molar-refractivity contribution >= 4 is 25.9 Å². The summed E-state index contributed by atoms with van der Waals surface area (Å²) in [6.07, 6.45) is 7.11. The number of allylic oxidation sites excluding steroid dienone is 2. The lowest BCUT2D eigenvalue weighted by Crippen LogP contribution is -2.36. The summed E-state index contributed by atoms with van der Waals surface area (Å²) in [7, 11) is -2.45. The molecule has 0 aliphatic carbocycles. The van der Waals surface area contributed by atoms with Crippen LogP contribution in [0.15, 0.2) is 24.5 Å². The van der Waals surface area contributed by atoms with Gasteiger partial charge in [0.15, 0.2) is 5.78 Å². The molecule has 1 heterocycles. The summed E-state index contributed by atoms with van der Waals surface area (Å²) >= 11 is 0. The third kappa shape index (κ3) is 5.06.